The molecule has 11 nitrogen and oxygen atoms in total. The van der Waals surface area contributed by atoms with Crippen LogP contribution in [0.2, 0.25) is 0 Å². The molecule has 22 heavy (non-hydrogen) atoms. The Kier molecular flexibility index (Phi) is 5.68. The van der Waals surface area contributed by atoms with Crippen molar-refractivity contribution in [3.63, 3.8) is 0 Å². The molecule has 130 valence electrons. The van der Waals surface area contributed by atoms with Gasteiger partial charge in [0.25, 0.3) is 0 Å². The third-order valence-corrected chi connectivity index (χ3v) is 3.68. The molecule has 0 aromatic carbocycles. The van der Waals surface area contributed by atoms with Gasteiger partial charge in [-0.05, 0) is 0 Å². The van der Waals surface area contributed by atoms with Gasteiger partial charge < -0.3 is 55.1 Å². The van der Waals surface area contributed by atoms with Gasteiger partial charge in [-0.2, -0.15) is 0 Å². The SMILES string of the molecule is OCC1OC(O)C(OC2OC(O)C(O)C(O)C2O)C(O)C1O. The van der Waals surface area contributed by atoms with Crippen molar-refractivity contribution in [3.05, 3.63) is 0 Å². The van der Waals surface area contributed by atoms with Gasteiger partial charge in [0.15, 0.2) is 18.9 Å². The molecule has 2 saturated heterocycles. The lowest BCUT2D eigenvalue weighted by Gasteiger charge is -2.44. The molecule has 0 aliphatic carbocycles. The molecule has 0 saturated carbocycles. The fraction of sp³-hybridized carbons (Fsp3) is 1.00. The molecule has 0 bridgehead atoms. The van der Waals surface area contributed by atoms with Crippen molar-refractivity contribution >= 4 is 0 Å². The number of hydrogen-bond donors (Lipinski definition) is 8. The van der Waals surface area contributed by atoms with Crippen molar-refractivity contribution in [2.24, 2.45) is 0 Å². The lowest BCUT2D eigenvalue weighted by molar-refractivity contribution is -0.381. The standard InChI is InChI=1S/C11H20O11/c12-1-2-3(13)5(15)8(10(19)20-2)21-11-7(17)4(14)6(16)9(18)22-11/h2-19H,1H2. The zero-order valence-corrected chi connectivity index (χ0v) is 11.3. The van der Waals surface area contributed by atoms with E-state index in [2.05, 4.69) is 0 Å². The number of aliphatic hydroxyl groups is 8. The van der Waals surface area contributed by atoms with Crippen LogP contribution in [0.4, 0.5) is 0 Å². The minimum atomic E-state index is -1.86. The van der Waals surface area contributed by atoms with Crippen LogP contribution in [0.15, 0.2) is 0 Å². The second-order valence-electron chi connectivity index (χ2n) is 5.20. The van der Waals surface area contributed by atoms with Gasteiger partial charge in [-0.3, -0.25) is 0 Å². The fourth-order valence-corrected chi connectivity index (χ4v) is 2.32. The first kappa shape index (κ1) is 17.9. The molecule has 11 heteroatoms. The van der Waals surface area contributed by atoms with Crippen molar-refractivity contribution in [2.45, 2.75) is 61.6 Å². The Hall–Kier alpha value is -0.440. The molecular weight excluding hydrogens is 308 g/mol. The maximum absolute atomic E-state index is 9.87. The number of hydrogen-bond acceptors (Lipinski definition) is 11. The monoisotopic (exact) mass is 328 g/mol. The zero-order valence-electron chi connectivity index (χ0n) is 11.3. The first-order valence-corrected chi connectivity index (χ1v) is 6.61. The van der Waals surface area contributed by atoms with E-state index in [1.807, 2.05) is 0 Å². The van der Waals surface area contributed by atoms with Crippen LogP contribution in [0, 0.1) is 0 Å². The van der Waals surface area contributed by atoms with Crippen LogP contribution in [-0.4, -0.2) is 109 Å². The van der Waals surface area contributed by atoms with E-state index in [4.69, 9.17) is 19.3 Å². The summed E-state index contributed by atoms with van der Waals surface area (Å²) in [6.45, 7) is -0.659. The van der Waals surface area contributed by atoms with Gasteiger partial charge in [0, 0.05) is 0 Å². The first-order valence-electron chi connectivity index (χ1n) is 6.61. The second kappa shape index (κ2) is 6.98. The van der Waals surface area contributed by atoms with Gasteiger partial charge in [-0.25, -0.2) is 0 Å². The maximum atomic E-state index is 9.87. The van der Waals surface area contributed by atoms with Gasteiger partial charge in [0.1, 0.15) is 42.7 Å². The average molecular weight is 328 g/mol. The van der Waals surface area contributed by atoms with Crippen LogP contribution < -0.4 is 0 Å². The van der Waals surface area contributed by atoms with Crippen LogP contribution in [0.5, 0.6) is 0 Å². The Morgan fingerprint density at radius 2 is 1.32 bits per heavy atom. The second-order valence-corrected chi connectivity index (χ2v) is 5.20. The van der Waals surface area contributed by atoms with Crippen LogP contribution >= 0.6 is 0 Å². The summed E-state index contributed by atoms with van der Waals surface area (Å²) in [5.41, 5.74) is 0. The van der Waals surface area contributed by atoms with E-state index in [0.717, 1.165) is 0 Å². The predicted octanol–water partition coefficient (Wildman–Crippen LogP) is -5.44. The molecule has 0 radical (unpaired) electrons. The Labute approximate surface area is 124 Å². The Bertz CT molecular complexity index is 368. The number of aliphatic hydroxyl groups excluding tert-OH is 8. The summed E-state index contributed by atoms with van der Waals surface area (Å²) < 4.78 is 14.6. The summed E-state index contributed by atoms with van der Waals surface area (Å²) in [6.07, 6.45) is -16.8. The molecule has 10 atom stereocenters. The number of rotatable bonds is 3. The first-order chi connectivity index (χ1) is 10.3. The summed E-state index contributed by atoms with van der Waals surface area (Å²) in [5.74, 6) is 0. The Morgan fingerprint density at radius 3 is 1.91 bits per heavy atom. The summed E-state index contributed by atoms with van der Waals surface area (Å²) in [7, 11) is 0. The molecule has 2 aliphatic heterocycles. The minimum absolute atomic E-state index is 0.659. The van der Waals surface area contributed by atoms with Crippen molar-refractivity contribution < 1.29 is 55.1 Å². The van der Waals surface area contributed by atoms with Gasteiger partial charge in [0.2, 0.25) is 0 Å². The van der Waals surface area contributed by atoms with E-state index in [9.17, 15) is 35.7 Å². The van der Waals surface area contributed by atoms with E-state index in [0.29, 0.717) is 0 Å². The normalized spacial score (nSPS) is 53.5. The molecule has 2 rings (SSSR count). The van der Waals surface area contributed by atoms with Crippen molar-refractivity contribution in [3.8, 4) is 0 Å². The quantitative estimate of drug-likeness (QED) is 0.247. The van der Waals surface area contributed by atoms with E-state index >= 15 is 0 Å². The molecule has 2 fully saturated rings. The number of ether oxygens (including phenoxy) is 3. The largest absolute Gasteiger partial charge is 0.394 e. The van der Waals surface area contributed by atoms with E-state index < -0.39 is 68.2 Å². The molecule has 2 aliphatic rings. The topological polar surface area (TPSA) is 190 Å². The van der Waals surface area contributed by atoms with Crippen molar-refractivity contribution in [1.82, 2.24) is 0 Å². The summed E-state index contributed by atoms with van der Waals surface area (Å²) in [5, 5.41) is 76.2. The van der Waals surface area contributed by atoms with Crippen LogP contribution in [0.3, 0.4) is 0 Å². The predicted molar refractivity (Wildman–Crippen MR) is 63.8 cm³/mol. The molecule has 2 heterocycles. The molecule has 10 unspecified atom stereocenters. The van der Waals surface area contributed by atoms with E-state index in [1.54, 1.807) is 0 Å². The third kappa shape index (κ3) is 3.25. The smallest absolute Gasteiger partial charge is 0.189 e. The zero-order chi connectivity index (χ0) is 16.6. The molecule has 0 spiro atoms. The maximum Gasteiger partial charge on any atom is 0.189 e. The van der Waals surface area contributed by atoms with Crippen LogP contribution in [-0.2, 0) is 14.2 Å². The van der Waals surface area contributed by atoms with E-state index in [1.165, 1.54) is 0 Å². The van der Waals surface area contributed by atoms with Crippen molar-refractivity contribution in [2.75, 3.05) is 6.61 Å². The highest BCUT2D eigenvalue weighted by Crippen LogP contribution is 2.27. The molecule has 8 N–H and O–H groups in total. The van der Waals surface area contributed by atoms with Crippen LogP contribution in [0.1, 0.15) is 0 Å². The Balaban J connectivity index is 2.06. The molecule has 0 aromatic rings. The van der Waals surface area contributed by atoms with Gasteiger partial charge in [-0.15, -0.1) is 0 Å². The lowest BCUT2D eigenvalue weighted by atomic mass is 9.98. The summed E-state index contributed by atoms with van der Waals surface area (Å²) in [6, 6.07) is 0. The average Bonchev–Trinajstić information content (AvgIpc) is 2.49. The highest BCUT2D eigenvalue weighted by atomic mass is 16.8. The molecular formula is C11H20O11. The van der Waals surface area contributed by atoms with Gasteiger partial charge in [0.05, 0.1) is 6.61 Å². The highest BCUT2D eigenvalue weighted by molar-refractivity contribution is 4.91. The van der Waals surface area contributed by atoms with Crippen molar-refractivity contribution in [1.29, 1.82) is 0 Å². The lowest BCUT2D eigenvalue weighted by Crippen LogP contribution is -2.63. The third-order valence-electron chi connectivity index (χ3n) is 3.68. The molecule has 0 amide bonds. The molecule has 0 aromatic heterocycles. The minimum Gasteiger partial charge on any atom is -0.394 e. The fourth-order valence-electron chi connectivity index (χ4n) is 2.32. The summed E-state index contributed by atoms with van der Waals surface area (Å²) >= 11 is 0. The Morgan fingerprint density at radius 1 is 0.682 bits per heavy atom. The van der Waals surface area contributed by atoms with E-state index in [-0.39, 0.29) is 0 Å². The summed E-state index contributed by atoms with van der Waals surface area (Å²) in [4.78, 5) is 0. The van der Waals surface area contributed by atoms with Gasteiger partial charge in [-0.1, -0.05) is 0 Å². The highest BCUT2D eigenvalue weighted by Gasteiger charge is 2.49. The van der Waals surface area contributed by atoms with Crippen LogP contribution in [0.25, 0.3) is 0 Å². The van der Waals surface area contributed by atoms with Gasteiger partial charge >= 0.3 is 0 Å².